The highest BCUT2D eigenvalue weighted by molar-refractivity contribution is 7.92. The van der Waals surface area contributed by atoms with Crippen molar-refractivity contribution in [1.82, 2.24) is 0 Å². The molecular weight excluding hydrogens is 326 g/mol. The predicted octanol–water partition coefficient (Wildman–Crippen LogP) is 3.38. The Labute approximate surface area is 142 Å². The van der Waals surface area contributed by atoms with Gasteiger partial charge in [0.2, 0.25) is 0 Å². The first kappa shape index (κ1) is 16.6. The van der Waals surface area contributed by atoms with E-state index < -0.39 is 10.0 Å². The number of nitrogens with one attached hydrogen (secondary N) is 1. The van der Waals surface area contributed by atoms with Gasteiger partial charge in [-0.1, -0.05) is 6.07 Å². The Morgan fingerprint density at radius 3 is 2.38 bits per heavy atom. The summed E-state index contributed by atoms with van der Waals surface area (Å²) in [6.45, 7) is 0. The van der Waals surface area contributed by atoms with Crippen LogP contribution >= 0.6 is 0 Å². The highest BCUT2D eigenvalue weighted by Gasteiger charge is 2.19. The molecule has 0 aliphatic heterocycles. The SMILES string of the molecule is COc1ccc(NS(=O)(=O)c2ccc3c(c2)CCCC3)c(OC)c1. The van der Waals surface area contributed by atoms with E-state index >= 15 is 0 Å². The summed E-state index contributed by atoms with van der Waals surface area (Å²) in [5.41, 5.74) is 2.77. The highest BCUT2D eigenvalue weighted by atomic mass is 32.2. The quantitative estimate of drug-likeness (QED) is 0.900. The minimum atomic E-state index is -3.67. The monoisotopic (exact) mass is 347 g/mol. The first-order chi connectivity index (χ1) is 11.5. The van der Waals surface area contributed by atoms with Crippen molar-refractivity contribution >= 4 is 15.7 Å². The van der Waals surface area contributed by atoms with Gasteiger partial charge in [-0.15, -0.1) is 0 Å². The summed E-state index contributed by atoms with van der Waals surface area (Å²) in [7, 11) is -0.631. The molecule has 6 heteroatoms. The molecule has 24 heavy (non-hydrogen) atoms. The zero-order chi connectivity index (χ0) is 17.2. The number of sulfonamides is 1. The van der Waals surface area contributed by atoms with Gasteiger partial charge in [0.25, 0.3) is 10.0 Å². The summed E-state index contributed by atoms with van der Waals surface area (Å²) in [6.07, 6.45) is 4.23. The van der Waals surface area contributed by atoms with Crippen LogP contribution in [0.15, 0.2) is 41.3 Å². The largest absolute Gasteiger partial charge is 0.497 e. The van der Waals surface area contributed by atoms with Crippen LogP contribution in [0.25, 0.3) is 0 Å². The Bertz CT molecular complexity index is 846. The van der Waals surface area contributed by atoms with E-state index in [4.69, 9.17) is 9.47 Å². The second-order valence-corrected chi connectivity index (χ2v) is 7.49. The number of hydrogen-bond donors (Lipinski definition) is 1. The summed E-state index contributed by atoms with van der Waals surface area (Å²) in [5.74, 6) is 1.01. The molecule has 0 saturated heterocycles. The molecule has 0 fully saturated rings. The third-order valence-corrected chi connectivity index (χ3v) is 5.65. The molecule has 1 aliphatic rings. The number of aryl methyl sites for hydroxylation is 2. The van der Waals surface area contributed by atoms with Crippen LogP contribution in [0.5, 0.6) is 11.5 Å². The van der Waals surface area contributed by atoms with Gasteiger partial charge in [0, 0.05) is 6.07 Å². The smallest absolute Gasteiger partial charge is 0.262 e. The van der Waals surface area contributed by atoms with E-state index in [1.165, 1.54) is 19.1 Å². The zero-order valence-electron chi connectivity index (χ0n) is 13.8. The van der Waals surface area contributed by atoms with Crippen molar-refractivity contribution in [2.75, 3.05) is 18.9 Å². The molecule has 0 unspecified atom stereocenters. The molecule has 0 amide bonds. The number of anilines is 1. The lowest BCUT2D eigenvalue weighted by Gasteiger charge is -2.17. The predicted molar refractivity (Wildman–Crippen MR) is 93.4 cm³/mol. The second kappa shape index (κ2) is 6.73. The van der Waals surface area contributed by atoms with Crippen LogP contribution in [0.1, 0.15) is 24.0 Å². The molecular formula is C18H21NO4S. The van der Waals surface area contributed by atoms with Crippen molar-refractivity contribution < 1.29 is 17.9 Å². The molecule has 1 N–H and O–H groups in total. The Balaban J connectivity index is 1.91. The van der Waals surface area contributed by atoms with Crippen molar-refractivity contribution in [3.63, 3.8) is 0 Å². The van der Waals surface area contributed by atoms with Crippen LogP contribution in [-0.2, 0) is 22.9 Å². The molecule has 0 saturated carbocycles. The van der Waals surface area contributed by atoms with Crippen LogP contribution < -0.4 is 14.2 Å². The molecule has 5 nitrogen and oxygen atoms in total. The summed E-state index contributed by atoms with van der Waals surface area (Å²) >= 11 is 0. The number of benzene rings is 2. The van der Waals surface area contributed by atoms with Crippen LogP contribution in [-0.4, -0.2) is 22.6 Å². The lowest BCUT2D eigenvalue weighted by Crippen LogP contribution is -2.15. The van der Waals surface area contributed by atoms with Crippen molar-refractivity contribution in [1.29, 1.82) is 0 Å². The molecule has 0 spiro atoms. The van der Waals surface area contributed by atoms with E-state index in [1.54, 1.807) is 37.4 Å². The third-order valence-electron chi connectivity index (χ3n) is 4.28. The fourth-order valence-corrected chi connectivity index (χ4v) is 4.08. The normalized spacial score (nSPS) is 13.9. The minimum Gasteiger partial charge on any atom is -0.497 e. The average molecular weight is 347 g/mol. The fourth-order valence-electron chi connectivity index (χ4n) is 2.96. The molecule has 0 heterocycles. The molecule has 1 aliphatic carbocycles. The van der Waals surface area contributed by atoms with Crippen LogP contribution in [0.3, 0.4) is 0 Å². The lowest BCUT2D eigenvalue weighted by atomic mass is 9.92. The average Bonchev–Trinajstić information content (AvgIpc) is 2.61. The number of rotatable bonds is 5. The van der Waals surface area contributed by atoms with Crippen LogP contribution in [0, 0.1) is 0 Å². The maximum Gasteiger partial charge on any atom is 0.262 e. The van der Waals surface area contributed by atoms with E-state index in [1.807, 2.05) is 6.07 Å². The molecule has 2 aromatic rings. The maximum absolute atomic E-state index is 12.7. The van der Waals surface area contributed by atoms with Crippen LogP contribution in [0.2, 0.25) is 0 Å². The Kier molecular flexibility index (Phi) is 4.66. The first-order valence-electron chi connectivity index (χ1n) is 7.90. The highest BCUT2D eigenvalue weighted by Crippen LogP contribution is 2.31. The minimum absolute atomic E-state index is 0.279. The summed E-state index contributed by atoms with van der Waals surface area (Å²) < 4.78 is 38.4. The Hall–Kier alpha value is -2.21. The third kappa shape index (κ3) is 3.33. The fraction of sp³-hybridized carbons (Fsp3) is 0.333. The number of hydrogen-bond acceptors (Lipinski definition) is 4. The van der Waals surface area contributed by atoms with Gasteiger partial charge in [-0.3, -0.25) is 4.72 Å². The van der Waals surface area contributed by atoms with E-state index in [0.29, 0.717) is 17.2 Å². The Morgan fingerprint density at radius 1 is 0.917 bits per heavy atom. The molecule has 0 atom stereocenters. The van der Waals surface area contributed by atoms with E-state index in [2.05, 4.69) is 4.72 Å². The van der Waals surface area contributed by atoms with Gasteiger partial charge in [-0.05, 0) is 61.1 Å². The summed E-state index contributed by atoms with van der Waals surface area (Å²) in [5, 5.41) is 0. The Morgan fingerprint density at radius 2 is 1.67 bits per heavy atom. The molecule has 0 aromatic heterocycles. The van der Waals surface area contributed by atoms with Crippen molar-refractivity contribution in [2.45, 2.75) is 30.6 Å². The van der Waals surface area contributed by atoms with E-state index in [9.17, 15) is 8.42 Å². The van der Waals surface area contributed by atoms with Gasteiger partial charge in [0.1, 0.15) is 11.5 Å². The van der Waals surface area contributed by atoms with E-state index in [0.717, 1.165) is 24.8 Å². The summed E-state index contributed by atoms with van der Waals surface area (Å²) in [4.78, 5) is 0.279. The summed E-state index contributed by atoms with van der Waals surface area (Å²) in [6, 6.07) is 10.3. The number of fused-ring (bicyclic) bond motifs is 1. The van der Waals surface area contributed by atoms with Crippen molar-refractivity contribution in [3.05, 3.63) is 47.5 Å². The van der Waals surface area contributed by atoms with Gasteiger partial charge in [0.15, 0.2) is 0 Å². The van der Waals surface area contributed by atoms with Crippen molar-refractivity contribution in [2.24, 2.45) is 0 Å². The van der Waals surface area contributed by atoms with Crippen molar-refractivity contribution in [3.8, 4) is 11.5 Å². The topological polar surface area (TPSA) is 64.6 Å². The van der Waals surface area contributed by atoms with Gasteiger partial charge >= 0.3 is 0 Å². The molecule has 2 aromatic carbocycles. The van der Waals surface area contributed by atoms with Gasteiger partial charge in [0.05, 0.1) is 24.8 Å². The number of ether oxygens (including phenoxy) is 2. The molecule has 3 rings (SSSR count). The van der Waals surface area contributed by atoms with Gasteiger partial charge in [-0.25, -0.2) is 8.42 Å². The van der Waals surface area contributed by atoms with Gasteiger partial charge < -0.3 is 9.47 Å². The maximum atomic E-state index is 12.7. The molecule has 0 radical (unpaired) electrons. The first-order valence-corrected chi connectivity index (χ1v) is 9.38. The zero-order valence-corrected chi connectivity index (χ0v) is 14.7. The lowest BCUT2D eigenvalue weighted by molar-refractivity contribution is 0.395. The molecule has 128 valence electrons. The standard InChI is InChI=1S/C18H21NO4S/c1-22-15-8-10-17(18(12-15)23-2)19-24(20,21)16-9-7-13-5-3-4-6-14(13)11-16/h7-12,19H,3-6H2,1-2H3. The second-order valence-electron chi connectivity index (χ2n) is 5.81. The van der Waals surface area contributed by atoms with E-state index in [-0.39, 0.29) is 4.90 Å². The molecule has 0 bridgehead atoms. The van der Waals surface area contributed by atoms with Crippen LogP contribution in [0.4, 0.5) is 5.69 Å². The number of methoxy groups -OCH3 is 2. The van der Waals surface area contributed by atoms with Gasteiger partial charge in [-0.2, -0.15) is 0 Å².